The van der Waals surface area contributed by atoms with E-state index in [9.17, 15) is 19.8 Å². The molecule has 4 atom stereocenters. The molecule has 3 rings (SSSR count). The maximum Gasteiger partial charge on any atom is 0.319 e. The van der Waals surface area contributed by atoms with Crippen LogP contribution in [0.4, 0.5) is 5.95 Å². The highest BCUT2D eigenvalue weighted by Gasteiger charge is 2.44. The number of anilines is 1. The summed E-state index contributed by atoms with van der Waals surface area (Å²) in [5.74, 6) is -0.798. The Morgan fingerprint density at radius 1 is 1.46 bits per heavy atom. The Kier molecular flexibility index (Phi) is 4.19. The number of carbonyl (C=O) groups excluding carboxylic acids is 1. The molecular formula is C12H16N6O6. The summed E-state index contributed by atoms with van der Waals surface area (Å²) in [5.41, 5.74) is 10.2. The molecule has 0 aromatic carbocycles. The molecule has 12 nitrogen and oxygen atoms in total. The number of esters is 1. The van der Waals surface area contributed by atoms with Crippen molar-refractivity contribution < 1.29 is 24.5 Å². The highest BCUT2D eigenvalue weighted by Crippen LogP contribution is 2.31. The first-order chi connectivity index (χ1) is 11.4. The second kappa shape index (κ2) is 6.16. The van der Waals surface area contributed by atoms with Gasteiger partial charge in [0.2, 0.25) is 5.95 Å². The van der Waals surface area contributed by atoms with Crippen molar-refractivity contribution in [2.24, 2.45) is 5.73 Å². The first-order valence-electron chi connectivity index (χ1n) is 7.02. The van der Waals surface area contributed by atoms with E-state index in [4.69, 9.17) is 20.9 Å². The van der Waals surface area contributed by atoms with Crippen molar-refractivity contribution >= 4 is 23.1 Å². The van der Waals surface area contributed by atoms with Gasteiger partial charge in [0.1, 0.15) is 24.9 Å². The Hall–Kier alpha value is -2.54. The molecule has 1 fully saturated rings. The number of hydrogen-bond acceptors (Lipinski definition) is 10. The van der Waals surface area contributed by atoms with E-state index < -0.39 is 36.1 Å². The fourth-order valence-corrected chi connectivity index (χ4v) is 2.46. The summed E-state index contributed by atoms with van der Waals surface area (Å²) in [6.07, 6.45) is -3.50. The predicted molar refractivity (Wildman–Crippen MR) is 78.5 cm³/mol. The number of nitrogens with two attached hydrogens (primary N) is 2. The highest BCUT2D eigenvalue weighted by molar-refractivity contribution is 5.71. The average molecular weight is 340 g/mol. The minimum Gasteiger partial charge on any atom is -0.462 e. The number of aromatic amines is 1. The third kappa shape index (κ3) is 2.71. The van der Waals surface area contributed by atoms with Crippen LogP contribution in [0.15, 0.2) is 11.1 Å². The Balaban J connectivity index is 1.87. The number of ether oxygens (including phenoxy) is 2. The van der Waals surface area contributed by atoms with Crippen LogP contribution in [0.3, 0.4) is 0 Å². The van der Waals surface area contributed by atoms with E-state index in [1.54, 1.807) is 0 Å². The van der Waals surface area contributed by atoms with Crippen LogP contribution in [0.2, 0.25) is 0 Å². The summed E-state index contributed by atoms with van der Waals surface area (Å²) >= 11 is 0. The number of aliphatic hydroxyl groups is 2. The van der Waals surface area contributed by atoms with E-state index in [1.807, 2.05) is 0 Å². The Bertz CT molecular complexity index is 818. The van der Waals surface area contributed by atoms with Crippen LogP contribution in [0.1, 0.15) is 6.23 Å². The molecule has 3 heterocycles. The molecule has 0 bridgehead atoms. The van der Waals surface area contributed by atoms with Crippen molar-refractivity contribution in [3.8, 4) is 0 Å². The summed E-state index contributed by atoms with van der Waals surface area (Å²) in [6, 6.07) is 0. The summed E-state index contributed by atoms with van der Waals surface area (Å²) in [4.78, 5) is 33.0. The third-order valence-corrected chi connectivity index (χ3v) is 3.64. The monoisotopic (exact) mass is 340 g/mol. The molecule has 0 radical (unpaired) electrons. The number of nitrogen functional groups attached to an aromatic ring is 1. The lowest BCUT2D eigenvalue weighted by atomic mass is 10.1. The van der Waals surface area contributed by atoms with Gasteiger partial charge in [-0.2, -0.15) is 4.98 Å². The lowest BCUT2D eigenvalue weighted by Gasteiger charge is -2.16. The number of carbonyl (C=O) groups is 1. The van der Waals surface area contributed by atoms with Gasteiger partial charge in [-0.15, -0.1) is 0 Å². The Labute approximate surface area is 134 Å². The molecule has 1 saturated heterocycles. The van der Waals surface area contributed by atoms with Gasteiger partial charge in [0, 0.05) is 0 Å². The van der Waals surface area contributed by atoms with E-state index in [0.29, 0.717) is 0 Å². The Morgan fingerprint density at radius 3 is 2.92 bits per heavy atom. The number of aliphatic hydroxyl groups excluding tert-OH is 2. The van der Waals surface area contributed by atoms with Crippen LogP contribution in [0, 0.1) is 0 Å². The van der Waals surface area contributed by atoms with Gasteiger partial charge in [0.05, 0.1) is 12.9 Å². The molecule has 1 aliphatic rings. The first kappa shape index (κ1) is 16.3. The first-order valence-corrected chi connectivity index (χ1v) is 7.02. The van der Waals surface area contributed by atoms with E-state index in [1.165, 1.54) is 10.9 Å². The average Bonchev–Trinajstić information content (AvgIpc) is 3.08. The normalized spacial score (nSPS) is 26.8. The lowest BCUT2D eigenvalue weighted by Crippen LogP contribution is -2.35. The number of aromatic nitrogens is 4. The maximum atomic E-state index is 11.8. The van der Waals surface area contributed by atoms with Gasteiger partial charge in [0.15, 0.2) is 17.4 Å². The van der Waals surface area contributed by atoms with Gasteiger partial charge in [-0.1, -0.05) is 0 Å². The predicted octanol–water partition coefficient (Wildman–Crippen LogP) is -3.18. The zero-order valence-corrected chi connectivity index (χ0v) is 12.3. The molecule has 7 N–H and O–H groups in total. The number of hydrogen-bond donors (Lipinski definition) is 5. The van der Waals surface area contributed by atoms with E-state index in [-0.39, 0.29) is 30.3 Å². The molecule has 0 unspecified atom stereocenters. The molecule has 2 aromatic rings. The molecular weight excluding hydrogens is 324 g/mol. The number of nitrogens with zero attached hydrogens (tertiary/aromatic N) is 3. The zero-order chi connectivity index (χ0) is 17.4. The van der Waals surface area contributed by atoms with Crippen molar-refractivity contribution in [2.45, 2.75) is 24.5 Å². The van der Waals surface area contributed by atoms with Crippen LogP contribution in [0.5, 0.6) is 0 Å². The van der Waals surface area contributed by atoms with Crippen molar-refractivity contribution in [1.82, 2.24) is 19.5 Å². The number of rotatable bonds is 4. The topological polar surface area (TPSA) is 192 Å². The molecule has 0 aliphatic carbocycles. The molecule has 0 amide bonds. The number of imidazole rings is 1. The minimum atomic E-state index is -1.36. The van der Waals surface area contributed by atoms with Gasteiger partial charge in [0.25, 0.3) is 5.56 Å². The van der Waals surface area contributed by atoms with Crippen LogP contribution in [-0.4, -0.2) is 67.2 Å². The molecule has 24 heavy (non-hydrogen) atoms. The zero-order valence-electron chi connectivity index (χ0n) is 12.3. The van der Waals surface area contributed by atoms with Crippen molar-refractivity contribution in [3.05, 3.63) is 16.7 Å². The summed E-state index contributed by atoms with van der Waals surface area (Å²) in [7, 11) is 0. The fourth-order valence-electron chi connectivity index (χ4n) is 2.46. The second-order valence-electron chi connectivity index (χ2n) is 5.21. The maximum absolute atomic E-state index is 11.8. The third-order valence-electron chi connectivity index (χ3n) is 3.64. The standard InChI is InChI=1S/C12H16N6O6/c13-1-5(19)23-2-4-7(20)8(21)11(24-4)18-3-15-6-9(18)16-12(14)17-10(6)22/h3-4,7-8,11,20-21H,1-2,13H2,(H3,14,16,17,22)/t4-,7-,8-,11-/m1/s1. The van der Waals surface area contributed by atoms with Crippen molar-refractivity contribution in [3.63, 3.8) is 0 Å². The number of nitrogens with one attached hydrogen (secondary N) is 1. The molecule has 0 saturated carbocycles. The molecule has 2 aromatic heterocycles. The lowest BCUT2D eigenvalue weighted by molar-refractivity contribution is -0.148. The van der Waals surface area contributed by atoms with Crippen molar-refractivity contribution in [1.29, 1.82) is 0 Å². The van der Waals surface area contributed by atoms with Crippen LogP contribution < -0.4 is 17.0 Å². The van der Waals surface area contributed by atoms with E-state index in [2.05, 4.69) is 15.0 Å². The SMILES string of the molecule is NCC(=O)OC[C@H]1O[C@@H](n2cnc3c(=O)[nH]c(N)nc32)[C@H](O)[C@@H]1O. The van der Waals surface area contributed by atoms with Gasteiger partial charge >= 0.3 is 5.97 Å². The van der Waals surface area contributed by atoms with Gasteiger partial charge < -0.3 is 31.2 Å². The highest BCUT2D eigenvalue weighted by atomic mass is 16.6. The van der Waals surface area contributed by atoms with E-state index in [0.717, 1.165) is 0 Å². The van der Waals surface area contributed by atoms with Crippen LogP contribution in [-0.2, 0) is 14.3 Å². The van der Waals surface area contributed by atoms with Crippen LogP contribution >= 0.6 is 0 Å². The second-order valence-corrected chi connectivity index (χ2v) is 5.21. The fraction of sp³-hybridized carbons (Fsp3) is 0.500. The molecule has 1 aliphatic heterocycles. The smallest absolute Gasteiger partial charge is 0.319 e. The van der Waals surface area contributed by atoms with Crippen molar-refractivity contribution in [2.75, 3.05) is 18.9 Å². The summed E-state index contributed by atoms with van der Waals surface area (Å²) < 4.78 is 11.6. The molecule has 0 spiro atoms. The van der Waals surface area contributed by atoms with Crippen LogP contribution in [0.25, 0.3) is 11.2 Å². The van der Waals surface area contributed by atoms with Gasteiger partial charge in [-0.05, 0) is 0 Å². The molecule has 130 valence electrons. The largest absolute Gasteiger partial charge is 0.462 e. The summed E-state index contributed by atoms with van der Waals surface area (Å²) in [5, 5.41) is 20.2. The molecule has 12 heteroatoms. The van der Waals surface area contributed by atoms with Gasteiger partial charge in [-0.25, -0.2) is 4.98 Å². The number of fused-ring (bicyclic) bond motifs is 1. The summed E-state index contributed by atoms with van der Waals surface area (Å²) in [6.45, 7) is -0.597. The quantitative estimate of drug-likeness (QED) is 0.354. The van der Waals surface area contributed by atoms with Gasteiger partial charge in [-0.3, -0.25) is 19.1 Å². The Morgan fingerprint density at radius 2 is 2.21 bits per heavy atom. The van der Waals surface area contributed by atoms with E-state index >= 15 is 0 Å². The number of H-pyrrole nitrogens is 1. The minimum absolute atomic E-state index is 0.00694.